The molecule has 0 aliphatic rings. The normalized spacial score (nSPS) is 13.2. The molecule has 3 nitrogen and oxygen atoms in total. The lowest BCUT2D eigenvalue weighted by Gasteiger charge is -2.09. The molecule has 0 aromatic carbocycles. The SMILES string of the molecule is COP(=O)(C/C=C/C=C/Cl)OC. The molecule has 0 aromatic heterocycles. The molecule has 70 valence electrons. The van der Waals surface area contributed by atoms with Crippen molar-refractivity contribution in [3.8, 4) is 0 Å². The van der Waals surface area contributed by atoms with Crippen molar-refractivity contribution in [2.45, 2.75) is 0 Å². The highest BCUT2D eigenvalue weighted by atomic mass is 35.5. The summed E-state index contributed by atoms with van der Waals surface area (Å²) in [5, 5.41) is 0. The molecule has 0 aliphatic heterocycles. The number of hydrogen-bond acceptors (Lipinski definition) is 3. The lowest BCUT2D eigenvalue weighted by Crippen LogP contribution is -1.91. The second-order valence-electron chi connectivity index (χ2n) is 1.91. The van der Waals surface area contributed by atoms with E-state index in [0.717, 1.165) is 0 Å². The highest BCUT2D eigenvalue weighted by Crippen LogP contribution is 2.45. The van der Waals surface area contributed by atoms with Crippen LogP contribution in [0.25, 0.3) is 0 Å². The van der Waals surface area contributed by atoms with E-state index in [1.54, 1.807) is 18.2 Å². The fraction of sp³-hybridized carbons (Fsp3) is 0.429. The lowest BCUT2D eigenvalue weighted by molar-refractivity contribution is 0.279. The van der Waals surface area contributed by atoms with Gasteiger partial charge in [0.2, 0.25) is 0 Å². The maximum Gasteiger partial charge on any atom is 0.333 e. The molecule has 0 saturated carbocycles. The molecule has 0 N–H and O–H groups in total. The number of allylic oxidation sites excluding steroid dienone is 3. The Labute approximate surface area is 77.5 Å². The van der Waals surface area contributed by atoms with Crippen molar-refractivity contribution in [1.82, 2.24) is 0 Å². The summed E-state index contributed by atoms with van der Waals surface area (Å²) >= 11 is 5.26. The van der Waals surface area contributed by atoms with E-state index in [0.29, 0.717) is 0 Å². The van der Waals surface area contributed by atoms with E-state index >= 15 is 0 Å². The largest absolute Gasteiger partial charge is 0.333 e. The van der Waals surface area contributed by atoms with Gasteiger partial charge in [0.25, 0.3) is 0 Å². The highest BCUT2D eigenvalue weighted by Gasteiger charge is 2.17. The van der Waals surface area contributed by atoms with Crippen molar-refractivity contribution in [3.63, 3.8) is 0 Å². The third kappa shape index (κ3) is 4.73. The minimum absolute atomic E-state index is 0.251. The zero-order valence-corrected chi connectivity index (χ0v) is 8.72. The highest BCUT2D eigenvalue weighted by molar-refractivity contribution is 7.54. The van der Waals surface area contributed by atoms with Crippen LogP contribution in [-0.2, 0) is 13.6 Å². The van der Waals surface area contributed by atoms with E-state index < -0.39 is 7.60 Å². The molecule has 0 bridgehead atoms. The van der Waals surface area contributed by atoms with Crippen LogP contribution in [0.5, 0.6) is 0 Å². The molecule has 0 radical (unpaired) electrons. The quantitative estimate of drug-likeness (QED) is 0.517. The first-order valence-corrected chi connectivity index (χ1v) is 5.47. The number of hydrogen-bond donors (Lipinski definition) is 0. The van der Waals surface area contributed by atoms with Gasteiger partial charge in [0.1, 0.15) is 0 Å². The minimum Gasteiger partial charge on any atom is -0.312 e. The Morgan fingerprint density at radius 2 is 1.92 bits per heavy atom. The molecule has 0 atom stereocenters. The van der Waals surface area contributed by atoms with Gasteiger partial charge in [-0.3, -0.25) is 4.57 Å². The van der Waals surface area contributed by atoms with Crippen LogP contribution in [0, 0.1) is 0 Å². The van der Waals surface area contributed by atoms with Crippen molar-refractivity contribution in [2.24, 2.45) is 0 Å². The summed E-state index contributed by atoms with van der Waals surface area (Å²) in [7, 11) is -0.172. The van der Waals surface area contributed by atoms with Crippen molar-refractivity contribution in [3.05, 3.63) is 23.8 Å². The predicted molar refractivity (Wildman–Crippen MR) is 50.6 cm³/mol. The van der Waals surface area contributed by atoms with Crippen LogP contribution < -0.4 is 0 Å². The second-order valence-corrected chi connectivity index (χ2v) is 4.47. The van der Waals surface area contributed by atoms with E-state index in [4.69, 9.17) is 20.6 Å². The molecule has 0 unspecified atom stereocenters. The molecule has 0 heterocycles. The van der Waals surface area contributed by atoms with Crippen LogP contribution in [0.3, 0.4) is 0 Å². The molecule has 0 saturated heterocycles. The van der Waals surface area contributed by atoms with Gasteiger partial charge in [-0.1, -0.05) is 29.8 Å². The second kappa shape index (κ2) is 6.44. The number of halogens is 1. The predicted octanol–water partition coefficient (Wildman–Crippen LogP) is 2.78. The Balaban J connectivity index is 3.97. The van der Waals surface area contributed by atoms with Gasteiger partial charge in [-0.05, 0) is 0 Å². The molecule has 0 amide bonds. The average molecular weight is 211 g/mol. The van der Waals surface area contributed by atoms with E-state index in [-0.39, 0.29) is 6.16 Å². The Bertz CT molecular complexity index is 205. The third-order valence-corrected chi connectivity index (χ3v) is 3.12. The van der Waals surface area contributed by atoms with Gasteiger partial charge in [0.15, 0.2) is 0 Å². The number of rotatable bonds is 5. The van der Waals surface area contributed by atoms with E-state index in [1.165, 1.54) is 19.8 Å². The molecular weight excluding hydrogens is 199 g/mol. The summed E-state index contributed by atoms with van der Waals surface area (Å²) in [4.78, 5) is 0. The Kier molecular flexibility index (Phi) is 6.39. The summed E-state index contributed by atoms with van der Waals surface area (Å²) in [6, 6.07) is 0. The summed E-state index contributed by atoms with van der Waals surface area (Å²) in [5.41, 5.74) is 1.36. The molecule has 0 aromatic rings. The molecule has 0 spiro atoms. The summed E-state index contributed by atoms with van der Waals surface area (Å²) in [6.07, 6.45) is 5.22. The van der Waals surface area contributed by atoms with Gasteiger partial charge in [-0.15, -0.1) is 0 Å². The Morgan fingerprint density at radius 1 is 1.33 bits per heavy atom. The first-order valence-electron chi connectivity index (χ1n) is 3.31. The standard InChI is InChI=1S/C7H12ClO3P/c1-10-12(9,11-2)7-5-3-4-6-8/h3-6H,7H2,1-2H3/b5-3+,6-4+. The molecule has 0 fully saturated rings. The Morgan fingerprint density at radius 3 is 2.33 bits per heavy atom. The van der Waals surface area contributed by atoms with Crippen molar-refractivity contribution in [1.29, 1.82) is 0 Å². The van der Waals surface area contributed by atoms with Crippen molar-refractivity contribution < 1.29 is 13.6 Å². The van der Waals surface area contributed by atoms with E-state index in [1.807, 2.05) is 0 Å². The van der Waals surface area contributed by atoms with Gasteiger partial charge < -0.3 is 9.05 Å². The van der Waals surface area contributed by atoms with Crippen molar-refractivity contribution in [2.75, 3.05) is 20.4 Å². The van der Waals surface area contributed by atoms with Crippen molar-refractivity contribution >= 4 is 19.2 Å². The minimum atomic E-state index is -2.89. The zero-order chi connectivity index (χ0) is 9.45. The average Bonchev–Trinajstić information content (AvgIpc) is 2.12. The van der Waals surface area contributed by atoms with Gasteiger partial charge in [-0.2, -0.15) is 0 Å². The summed E-state index contributed by atoms with van der Waals surface area (Å²) in [6.45, 7) is 0. The molecule has 0 rings (SSSR count). The third-order valence-electron chi connectivity index (χ3n) is 1.21. The van der Waals surface area contributed by atoms with E-state index in [2.05, 4.69) is 0 Å². The van der Waals surface area contributed by atoms with Gasteiger partial charge in [-0.25, -0.2) is 0 Å². The monoisotopic (exact) mass is 210 g/mol. The molecule has 5 heteroatoms. The van der Waals surface area contributed by atoms with E-state index in [9.17, 15) is 4.57 Å². The van der Waals surface area contributed by atoms with Gasteiger partial charge in [0, 0.05) is 19.8 Å². The Hall–Kier alpha value is -0.0800. The van der Waals surface area contributed by atoms with Crippen LogP contribution in [0.1, 0.15) is 0 Å². The summed E-state index contributed by atoms with van der Waals surface area (Å²) in [5.74, 6) is 0. The smallest absolute Gasteiger partial charge is 0.312 e. The van der Waals surface area contributed by atoms with Crippen LogP contribution in [0.4, 0.5) is 0 Å². The molecule has 0 aliphatic carbocycles. The van der Waals surface area contributed by atoms with Gasteiger partial charge >= 0.3 is 7.60 Å². The topological polar surface area (TPSA) is 35.5 Å². The molecule has 12 heavy (non-hydrogen) atoms. The first kappa shape index (κ1) is 11.9. The maximum absolute atomic E-state index is 11.4. The van der Waals surface area contributed by atoms with Crippen LogP contribution in [0.2, 0.25) is 0 Å². The van der Waals surface area contributed by atoms with Gasteiger partial charge in [0.05, 0.1) is 6.16 Å². The molecular formula is C7H12ClO3P. The summed E-state index contributed by atoms with van der Waals surface area (Å²) < 4.78 is 20.7. The lowest BCUT2D eigenvalue weighted by atomic mass is 10.5. The fourth-order valence-corrected chi connectivity index (χ4v) is 1.45. The van der Waals surface area contributed by atoms with Crippen LogP contribution in [-0.4, -0.2) is 20.4 Å². The fourth-order valence-electron chi connectivity index (χ4n) is 0.534. The van der Waals surface area contributed by atoms with Crippen LogP contribution in [0.15, 0.2) is 23.8 Å². The van der Waals surface area contributed by atoms with Crippen LogP contribution >= 0.6 is 19.2 Å². The first-order chi connectivity index (χ1) is 5.68. The maximum atomic E-state index is 11.4. The zero-order valence-electron chi connectivity index (χ0n) is 7.07.